The first-order valence-corrected chi connectivity index (χ1v) is 4.76. The molecule has 1 atom stereocenters. The number of rotatable bonds is 7. The molecule has 13 heavy (non-hydrogen) atoms. The number of unbranched alkanes of at least 4 members (excludes halogenated alkanes) is 2. The number of hydrogen-bond donors (Lipinski definition) is 2. The van der Waals surface area contributed by atoms with Gasteiger partial charge in [-0.15, -0.1) is 0 Å². The summed E-state index contributed by atoms with van der Waals surface area (Å²) < 4.78 is 0. The van der Waals surface area contributed by atoms with Crippen LogP contribution in [0.3, 0.4) is 0 Å². The van der Waals surface area contributed by atoms with Crippen LogP contribution in [0.25, 0.3) is 0 Å². The van der Waals surface area contributed by atoms with Crippen molar-refractivity contribution in [3.05, 3.63) is 0 Å². The normalized spacial score (nSPS) is 12.5. The summed E-state index contributed by atoms with van der Waals surface area (Å²) in [4.78, 5) is 15.7. The zero-order chi connectivity index (χ0) is 10.1. The topological polar surface area (TPSA) is 61.4 Å². The Morgan fingerprint density at radius 1 is 1.54 bits per heavy atom. The van der Waals surface area contributed by atoms with E-state index in [0.717, 1.165) is 19.3 Å². The van der Waals surface area contributed by atoms with Crippen LogP contribution in [-0.4, -0.2) is 23.7 Å². The van der Waals surface area contributed by atoms with Crippen molar-refractivity contribution >= 4 is 5.97 Å². The third-order valence-electron chi connectivity index (χ3n) is 1.63. The van der Waals surface area contributed by atoms with E-state index in [9.17, 15) is 4.79 Å². The van der Waals surface area contributed by atoms with E-state index >= 15 is 0 Å². The first-order chi connectivity index (χ1) is 6.20. The van der Waals surface area contributed by atoms with E-state index in [1.54, 1.807) is 6.92 Å². The number of hydroxylamine groups is 1. The second-order valence-corrected chi connectivity index (χ2v) is 3.13. The maximum absolute atomic E-state index is 11.0. The van der Waals surface area contributed by atoms with Crippen LogP contribution in [0.1, 0.15) is 39.5 Å². The van der Waals surface area contributed by atoms with Crippen LogP contribution in [0, 0.1) is 0 Å². The molecule has 2 N–H and O–H groups in total. The number of carbonyl (C=O) groups is 1. The predicted molar refractivity (Wildman–Crippen MR) is 49.9 cm³/mol. The van der Waals surface area contributed by atoms with Crippen LogP contribution in [0.4, 0.5) is 0 Å². The second kappa shape index (κ2) is 8.01. The van der Waals surface area contributed by atoms with E-state index in [2.05, 4.69) is 12.4 Å². The van der Waals surface area contributed by atoms with Gasteiger partial charge >= 0.3 is 5.97 Å². The van der Waals surface area contributed by atoms with Crippen molar-refractivity contribution in [2.75, 3.05) is 6.61 Å². The third-order valence-corrected chi connectivity index (χ3v) is 1.63. The van der Waals surface area contributed by atoms with Gasteiger partial charge in [0.05, 0.1) is 17.4 Å². The van der Waals surface area contributed by atoms with Gasteiger partial charge in [-0.3, -0.25) is 0 Å². The van der Waals surface area contributed by atoms with Crippen molar-refractivity contribution in [1.29, 1.82) is 0 Å². The average molecular weight is 189 g/mol. The summed E-state index contributed by atoms with van der Waals surface area (Å²) in [6, 6.07) is -0.199. The lowest BCUT2D eigenvalue weighted by atomic mass is 10.2. The van der Waals surface area contributed by atoms with E-state index < -0.39 is 0 Å². The highest BCUT2D eigenvalue weighted by Crippen LogP contribution is 1.99. The minimum atomic E-state index is -0.256. The van der Waals surface area contributed by atoms with E-state index in [-0.39, 0.29) is 18.6 Å². The molecular weight excluding hydrogens is 170 g/mol. The molecule has 0 rings (SSSR count). The highest BCUT2D eigenvalue weighted by atomic mass is 16.7. The minimum absolute atomic E-state index is 0.0394. The van der Waals surface area contributed by atoms with E-state index in [1.807, 2.05) is 0 Å². The van der Waals surface area contributed by atoms with Crippen LogP contribution in [0.15, 0.2) is 0 Å². The second-order valence-electron chi connectivity index (χ2n) is 3.13. The molecule has 0 bridgehead atoms. The van der Waals surface area contributed by atoms with Gasteiger partial charge in [0.2, 0.25) is 0 Å². The molecule has 0 saturated carbocycles. The summed E-state index contributed by atoms with van der Waals surface area (Å²) in [7, 11) is 0. The molecule has 0 fully saturated rings. The fraction of sp³-hybridized carbons (Fsp3) is 0.889. The summed E-state index contributed by atoms with van der Waals surface area (Å²) in [6.07, 6.45) is 3.45. The smallest absolute Gasteiger partial charge is 0.395 e. The molecule has 0 aromatic carbocycles. The van der Waals surface area contributed by atoms with Gasteiger partial charge in [-0.2, -0.15) is 4.84 Å². The Hall–Kier alpha value is -0.610. The van der Waals surface area contributed by atoms with Gasteiger partial charge in [0.1, 0.15) is 6.42 Å². The van der Waals surface area contributed by atoms with Crippen molar-refractivity contribution in [1.82, 2.24) is 5.48 Å². The molecule has 1 radical (unpaired) electrons. The Labute approximate surface area is 79.2 Å². The zero-order valence-electron chi connectivity index (χ0n) is 8.38. The molecule has 0 heterocycles. The van der Waals surface area contributed by atoms with Gasteiger partial charge in [-0.1, -0.05) is 19.8 Å². The molecule has 0 aliphatic rings. The van der Waals surface area contributed by atoms with Gasteiger partial charge in [-0.05, 0) is 18.8 Å². The molecule has 0 aromatic heterocycles. The lowest BCUT2D eigenvalue weighted by molar-refractivity contribution is -0.153. The summed E-state index contributed by atoms with van der Waals surface area (Å²) in [6.45, 7) is 3.78. The number of aliphatic hydroxyl groups excluding tert-OH is 1. The number of aliphatic hydroxyl groups is 1. The molecule has 0 saturated heterocycles. The van der Waals surface area contributed by atoms with Crippen molar-refractivity contribution in [3.63, 3.8) is 0 Å². The minimum Gasteiger partial charge on any atom is -0.395 e. The molecule has 1 unspecified atom stereocenters. The molecule has 0 aliphatic carbocycles. The van der Waals surface area contributed by atoms with Gasteiger partial charge in [0, 0.05) is 0 Å². The SMILES string of the molecule is CCCCCC(=[O+])ONC(C)CO. The first-order valence-electron chi connectivity index (χ1n) is 4.76. The van der Waals surface area contributed by atoms with Crippen molar-refractivity contribution in [3.8, 4) is 0 Å². The summed E-state index contributed by atoms with van der Waals surface area (Å²) in [5.74, 6) is -0.256. The fourth-order valence-electron chi connectivity index (χ4n) is 0.774. The standard InChI is InChI=1S/C9H19NO3/c1-3-4-5-6-9(12)13-10-8(2)7-11/h8,10-11H,3-7H2,1-2H3/q+1. The maximum atomic E-state index is 11.0. The van der Waals surface area contributed by atoms with Crippen LogP contribution in [0.5, 0.6) is 0 Å². The molecule has 77 valence electrons. The zero-order valence-corrected chi connectivity index (χ0v) is 8.38. The molecule has 0 amide bonds. The van der Waals surface area contributed by atoms with E-state index in [1.165, 1.54) is 0 Å². The molecular formula is C9H19NO3+. The Kier molecular flexibility index (Phi) is 7.63. The Morgan fingerprint density at radius 2 is 2.23 bits per heavy atom. The Bertz CT molecular complexity index is 139. The van der Waals surface area contributed by atoms with Crippen molar-refractivity contribution < 1.29 is 14.7 Å². The van der Waals surface area contributed by atoms with Crippen LogP contribution < -0.4 is 5.48 Å². The van der Waals surface area contributed by atoms with Crippen LogP contribution >= 0.6 is 0 Å². The fourth-order valence-corrected chi connectivity index (χ4v) is 0.774. The number of hydrogen-bond acceptors (Lipinski definition) is 4. The lowest BCUT2D eigenvalue weighted by Gasteiger charge is -2.01. The highest BCUT2D eigenvalue weighted by molar-refractivity contribution is 5.68. The van der Waals surface area contributed by atoms with Crippen molar-refractivity contribution in [2.45, 2.75) is 45.6 Å². The maximum Gasteiger partial charge on any atom is 0.597 e. The largest absolute Gasteiger partial charge is 0.597 e. The molecule has 0 aliphatic heterocycles. The summed E-state index contributed by atoms with van der Waals surface area (Å²) >= 11 is 0. The average Bonchev–Trinajstić information content (AvgIpc) is 2.14. The highest BCUT2D eigenvalue weighted by Gasteiger charge is 2.17. The van der Waals surface area contributed by atoms with Gasteiger partial charge in [0.15, 0.2) is 0 Å². The van der Waals surface area contributed by atoms with Crippen LogP contribution in [-0.2, 0) is 9.63 Å². The van der Waals surface area contributed by atoms with E-state index in [4.69, 9.17) is 9.94 Å². The Morgan fingerprint density at radius 3 is 2.77 bits per heavy atom. The van der Waals surface area contributed by atoms with Crippen molar-refractivity contribution in [2.24, 2.45) is 0 Å². The number of carbonyl (C=O) groups excluding carboxylic acids is 1. The monoisotopic (exact) mass is 189 g/mol. The van der Waals surface area contributed by atoms with Gasteiger partial charge in [0.25, 0.3) is 0 Å². The molecule has 4 nitrogen and oxygen atoms in total. The number of nitrogens with one attached hydrogen (secondary N) is 1. The van der Waals surface area contributed by atoms with Gasteiger partial charge in [-0.25, -0.2) is 0 Å². The van der Waals surface area contributed by atoms with Gasteiger partial charge < -0.3 is 5.11 Å². The molecule has 4 heteroatoms. The third kappa shape index (κ3) is 7.74. The molecule has 0 aromatic rings. The predicted octanol–water partition coefficient (Wildman–Crippen LogP) is 0.995. The summed E-state index contributed by atoms with van der Waals surface area (Å²) in [5, 5.41) is 8.61. The molecule has 0 spiro atoms. The lowest BCUT2D eigenvalue weighted by Crippen LogP contribution is -2.31. The summed E-state index contributed by atoms with van der Waals surface area (Å²) in [5.41, 5.74) is 2.46. The quantitative estimate of drug-likeness (QED) is 0.356. The van der Waals surface area contributed by atoms with E-state index in [0.29, 0.717) is 6.42 Å². The van der Waals surface area contributed by atoms with Crippen LogP contribution in [0.2, 0.25) is 0 Å². The first kappa shape index (κ1) is 12.4. The Balaban J connectivity index is 3.30.